The number of sulfonamides is 1. The zero-order valence-corrected chi connectivity index (χ0v) is 13.3. The number of carboxylic acids is 1. The van der Waals surface area contributed by atoms with E-state index in [0.29, 0.717) is 12.8 Å². The molecule has 1 aromatic rings. The van der Waals surface area contributed by atoms with Gasteiger partial charge < -0.3 is 9.84 Å². The van der Waals surface area contributed by atoms with Crippen LogP contribution in [0.4, 0.5) is 5.69 Å². The molecule has 0 bridgehead atoms. The number of nitrogens with one attached hydrogen (secondary N) is 1. The Morgan fingerprint density at radius 1 is 1.30 bits per heavy atom. The number of anilines is 1. The molecule has 1 aromatic carbocycles. The fraction of sp³-hybridized carbons (Fsp3) is 0.333. The van der Waals surface area contributed by atoms with E-state index in [2.05, 4.69) is 9.46 Å². The molecule has 0 heterocycles. The number of allylic oxidation sites excluding steroid dienone is 1. The van der Waals surface area contributed by atoms with Crippen LogP contribution in [0, 0.1) is 0 Å². The first-order valence-electron chi connectivity index (χ1n) is 6.99. The third-order valence-corrected chi connectivity index (χ3v) is 5.33. The van der Waals surface area contributed by atoms with Crippen LogP contribution in [0.1, 0.15) is 29.6 Å². The number of benzene rings is 1. The Hall–Kier alpha value is -2.35. The maximum atomic E-state index is 12.6. The van der Waals surface area contributed by atoms with Crippen molar-refractivity contribution < 1.29 is 27.9 Å². The Morgan fingerprint density at radius 2 is 2.00 bits per heavy atom. The lowest BCUT2D eigenvalue weighted by atomic mass is 9.99. The standard InChI is InChI=1S/C15H17NO6S/c1-22-15(19)10-6-2-4-8-12(10)16-23(20,21)13-9-5-3-7-11(13)14(17)18/h2,4,6-8,13,16H,3,5,9H2,1H3,(H,17,18). The second-order valence-corrected chi connectivity index (χ2v) is 6.93. The lowest BCUT2D eigenvalue weighted by Crippen LogP contribution is -2.34. The topological polar surface area (TPSA) is 110 Å². The Balaban J connectivity index is 2.36. The van der Waals surface area contributed by atoms with Crippen LogP contribution < -0.4 is 4.72 Å². The molecule has 7 nitrogen and oxygen atoms in total. The molecule has 2 N–H and O–H groups in total. The fourth-order valence-electron chi connectivity index (χ4n) is 2.48. The van der Waals surface area contributed by atoms with Crippen molar-refractivity contribution in [2.45, 2.75) is 24.5 Å². The van der Waals surface area contributed by atoms with Crippen LogP contribution in [0.3, 0.4) is 0 Å². The normalized spacial score (nSPS) is 18.0. The molecule has 1 aliphatic carbocycles. The fourth-order valence-corrected chi connectivity index (χ4v) is 4.11. The van der Waals surface area contributed by atoms with Gasteiger partial charge in [-0.25, -0.2) is 18.0 Å². The molecule has 124 valence electrons. The summed E-state index contributed by atoms with van der Waals surface area (Å²) >= 11 is 0. The summed E-state index contributed by atoms with van der Waals surface area (Å²) in [6.07, 6.45) is 2.77. The molecule has 0 amide bonds. The van der Waals surface area contributed by atoms with Crippen LogP contribution in [0.25, 0.3) is 0 Å². The van der Waals surface area contributed by atoms with Gasteiger partial charge in [-0.2, -0.15) is 0 Å². The van der Waals surface area contributed by atoms with E-state index < -0.39 is 27.2 Å². The van der Waals surface area contributed by atoms with E-state index in [0.717, 1.165) is 0 Å². The van der Waals surface area contributed by atoms with Gasteiger partial charge in [0.15, 0.2) is 0 Å². The van der Waals surface area contributed by atoms with Crippen LogP contribution in [0.15, 0.2) is 35.9 Å². The quantitative estimate of drug-likeness (QED) is 0.791. The summed E-state index contributed by atoms with van der Waals surface area (Å²) in [4.78, 5) is 23.0. The molecule has 0 aromatic heterocycles. The molecule has 1 aliphatic rings. The number of rotatable bonds is 5. The highest BCUT2D eigenvalue weighted by Gasteiger charge is 2.34. The molecular weight excluding hydrogens is 322 g/mol. The number of aliphatic carboxylic acids is 1. The van der Waals surface area contributed by atoms with Crippen molar-refractivity contribution >= 4 is 27.6 Å². The van der Waals surface area contributed by atoms with Crippen LogP contribution in [0.5, 0.6) is 0 Å². The molecule has 0 saturated carbocycles. The van der Waals surface area contributed by atoms with Crippen molar-refractivity contribution in [3.8, 4) is 0 Å². The Labute approximate surface area is 134 Å². The number of hydrogen-bond acceptors (Lipinski definition) is 5. The Kier molecular flexibility index (Phi) is 5.05. The molecule has 0 fully saturated rings. The molecular formula is C15H17NO6S. The van der Waals surface area contributed by atoms with E-state index in [4.69, 9.17) is 0 Å². The lowest BCUT2D eigenvalue weighted by Gasteiger charge is -2.23. The average molecular weight is 339 g/mol. The molecule has 0 radical (unpaired) electrons. The number of ether oxygens (including phenoxy) is 1. The van der Waals surface area contributed by atoms with E-state index in [1.54, 1.807) is 12.1 Å². The van der Waals surface area contributed by atoms with Gasteiger partial charge in [-0.3, -0.25) is 4.72 Å². The van der Waals surface area contributed by atoms with Crippen molar-refractivity contribution in [1.29, 1.82) is 0 Å². The van der Waals surface area contributed by atoms with Crippen molar-refractivity contribution in [3.63, 3.8) is 0 Å². The van der Waals surface area contributed by atoms with E-state index in [-0.39, 0.29) is 23.2 Å². The molecule has 0 saturated heterocycles. The first kappa shape index (κ1) is 17.0. The Morgan fingerprint density at radius 3 is 2.65 bits per heavy atom. The SMILES string of the molecule is COC(=O)c1ccccc1NS(=O)(=O)C1CCCC=C1C(=O)O. The average Bonchev–Trinajstić information content (AvgIpc) is 2.54. The summed E-state index contributed by atoms with van der Waals surface area (Å²) < 4.78 is 32.1. The number of carbonyl (C=O) groups is 2. The van der Waals surface area contributed by atoms with Crippen LogP contribution in [-0.2, 0) is 19.6 Å². The van der Waals surface area contributed by atoms with Crippen LogP contribution in [-0.4, -0.2) is 37.8 Å². The molecule has 0 aliphatic heterocycles. The van der Waals surface area contributed by atoms with E-state index in [9.17, 15) is 23.1 Å². The number of para-hydroxylation sites is 1. The van der Waals surface area contributed by atoms with Crippen molar-refractivity contribution in [1.82, 2.24) is 0 Å². The Bertz CT molecular complexity index is 753. The second kappa shape index (κ2) is 6.82. The first-order valence-corrected chi connectivity index (χ1v) is 8.53. The van der Waals surface area contributed by atoms with Gasteiger partial charge in [-0.05, 0) is 31.4 Å². The van der Waals surface area contributed by atoms with E-state index >= 15 is 0 Å². The summed E-state index contributed by atoms with van der Waals surface area (Å²) in [6, 6.07) is 6.00. The lowest BCUT2D eigenvalue weighted by molar-refractivity contribution is -0.132. The summed E-state index contributed by atoms with van der Waals surface area (Å²) in [5, 5.41) is 8.03. The number of esters is 1. The van der Waals surface area contributed by atoms with Gasteiger partial charge in [0.25, 0.3) is 0 Å². The first-order chi connectivity index (χ1) is 10.9. The smallest absolute Gasteiger partial charge is 0.339 e. The minimum Gasteiger partial charge on any atom is -0.478 e. The molecule has 23 heavy (non-hydrogen) atoms. The number of hydrogen-bond donors (Lipinski definition) is 2. The number of carbonyl (C=O) groups excluding carboxylic acids is 1. The monoisotopic (exact) mass is 339 g/mol. The molecule has 8 heteroatoms. The molecule has 2 rings (SSSR count). The minimum atomic E-state index is -4.00. The van der Waals surface area contributed by atoms with Gasteiger partial charge in [0.05, 0.1) is 23.9 Å². The zero-order valence-electron chi connectivity index (χ0n) is 12.5. The highest BCUT2D eigenvalue weighted by Crippen LogP contribution is 2.27. The van der Waals surface area contributed by atoms with Crippen molar-refractivity contribution in [2.75, 3.05) is 11.8 Å². The van der Waals surface area contributed by atoms with Crippen LogP contribution in [0.2, 0.25) is 0 Å². The molecule has 1 unspecified atom stereocenters. The zero-order chi connectivity index (χ0) is 17.0. The predicted molar refractivity (Wildman–Crippen MR) is 83.7 cm³/mol. The van der Waals surface area contributed by atoms with Gasteiger partial charge in [0.1, 0.15) is 5.25 Å². The van der Waals surface area contributed by atoms with Crippen molar-refractivity contribution in [2.24, 2.45) is 0 Å². The number of methoxy groups -OCH3 is 1. The van der Waals surface area contributed by atoms with E-state index in [1.807, 2.05) is 0 Å². The third-order valence-electron chi connectivity index (χ3n) is 3.59. The van der Waals surface area contributed by atoms with Gasteiger partial charge in [0.2, 0.25) is 10.0 Å². The van der Waals surface area contributed by atoms with Gasteiger partial charge in [-0.15, -0.1) is 0 Å². The molecule has 1 atom stereocenters. The second-order valence-electron chi connectivity index (χ2n) is 5.07. The summed E-state index contributed by atoms with van der Waals surface area (Å²) in [5.74, 6) is -1.93. The highest BCUT2D eigenvalue weighted by atomic mass is 32.2. The minimum absolute atomic E-state index is 0.0645. The molecule has 0 spiro atoms. The van der Waals surface area contributed by atoms with E-state index in [1.165, 1.54) is 25.3 Å². The maximum Gasteiger partial charge on any atom is 0.339 e. The largest absolute Gasteiger partial charge is 0.478 e. The van der Waals surface area contributed by atoms with Crippen LogP contribution >= 0.6 is 0 Å². The summed E-state index contributed by atoms with van der Waals surface area (Å²) in [7, 11) is -2.81. The summed E-state index contributed by atoms with van der Waals surface area (Å²) in [5.41, 5.74) is -0.01000. The van der Waals surface area contributed by atoms with Crippen molar-refractivity contribution in [3.05, 3.63) is 41.5 Å². The van der Waals surface area contributed by atoms with Gasteiger partial charge in [0, 0.05) is 0 Å². The highest BCUT2D eigenvalue weighted by molar-refractivity contribution is 7.93. The number of carboxylic acid groups (broad SMARTS) is 1. The summed E-state index contributed by atoms with van der Waals surface area (Å²) in [6.45, 7) is 0. The predicted octanol–water partition coefficient (Wildman–Crippen LogP) is 1.78. The maximum absolute atomic E-state index is 12.6. The van der Waals surface area contributed by atoms with Gasteiger partial charge >= 0.3 is 11.9 Å². The third kappa shape index (κ3) is 3.70. The van der Waals surface area contributed by atoms with Gasteiger partial charge in [-0.1, -0.05) is 18.2 Å².